The van der Waals surface area contributed by atoms with E-state index in [2.05, 4.69) is 0 Å². The molecule has 8 nitrogen and oxygen atoms in total. The first-order chi connectivity index (χ1) is 18.8. The van der Waals surface area contributed by atoms with Gasteiger partial charge in [-0.3, -0.25) is 14.5 Å². The molecule has 1 aliphatic heterocycles. The summed E-state index contributed by atoms with van der Waals surface area (Å²) < 4.78 is 10.8. The summed E-state index contributed by atoms with van der Waals surface area (Å²) in [6.45, 7) is 9.51. The van der Waals surface area contributed by atoms with E-state index in [4.69, 9.17) is 9.47 Å². The highest BCUT2D eigenvalue weighted by Crippen LogP contribution is 2.43. The normalized spacial score (nSPS) is 16.9. The van der Waals surface area contributed by atoms with Crippen molar-refractivity contribution in [3.05, 3.63) is 94.6 Å². The number of rotatable bonds is 6. The molecule has 4 rings (SSSR count). The number of phenolic OH excluding ortho intramolecular Hbond substituents is 1. The number of nitrogens with zero attached hydrogens (tertiary/aromatic N) is 1. The molecule has 3 aromatic carbocycles. The van der Waals surface area contributed by atoms with Crippen molar-refractivity contribution >= 4 is 29.1 Å². The Balaban J connectivity index is 1.88. The van der Waals surface area contributed by atoms with E-state index >= 15 is 0 Å². The third-order valence-corrected chi connectivity index (χ3v) is 6.66. The van der Waals surface area contributed by atoms with Crippen LogP contribution in [0.25, 0.3) is 5.76 Å². The summed E-state index contributed by atoms with van der Waals surface area (Å²) in [4.78, 5) is 40.6. The lowest BCUT2D eigenvalue weighted by atomic mass is 9.84. The van der Waals surface area contributed by atoms with Gasteiger partial charge in [0.2, 0.25) is 0 Å². The fraction of sp³-hybridized carbons (Fsp3) is 0.281. The van der Waals surface area contributed by atoms with Crippen LogP contribution in [0.4, 0.5) is 5.69 Å². The Morgan fingerprint density at radius 1 is 0.925 bits per heavy atom. The monoisotopic (exact) mass is 543 g/mol. The van der Waals surface area contributed by atoms with Crippen LogP contribution in [0.15, 0.2) is 72.3 Å². The highest BCUT2D eigenvalue weighted by Gasteiger charge is 2.47. The summed E-state index contributed by atoms with van der Waals surface area (Å²) in [5.74, 6) is -1.87. The molecule has 0 bridgehead atoms. The van der Waals surface area contributed by atoms with Crippen molar-refractivity contribution in [2.75, 3.05) is 12.0 Å². The number of aromatic hydroxyl groups is 1. The van der Waals surface area contributed by atoms with E-state index in [1.165, 1.54) is 29.2 Å². The van der Waals surface area contributed by atoms with Crippen LogP contribution in [0, 0.1) is 0 Å². The molecule has 0 spiro atoms. The maximum Gasteiger partial charge on any atom is 0.338 e. The van der Waals surface area contributed by atoms with Gasteiger partial charge in [-0.05, 0) is 79.4 Å². The number of carbonyl (C=O) groups is 3. The summed E-state index contributed by atoms with van der Waals surface area (Å²) in [6.07, 6.45) is -0.295. The van der Waals surface area contributed by atoms with E-state index in [1.54, 1.807) is 63.4 Å². The molecule has 1 fully saturated rings. The topological polar surface area (TPSA) is 113 Å². The smallest absolute Gasteiger partial charge is 0.338 e. The molecule has 0 aromatic heterocycles. The number of ketones is 1. The third-order valence-electron chi connectivity index (χ3n) is 6.66. The molecule has 40 heavy (non-hydrogen) atoms. The Morgan fingerprint density at radius 3 is 2.08 bits per heavy atom. The molecule has 1 heterocycles. The molecular formula is C32H33NO7. The van der Waals surface area contributed by atoms with E-state index in [0.717, 1.165) is 5.56 Å². The second-order valence-electron chi connectivity index (χ2n) is 10.9. The summed E-state index contributed by atoms with van der Waals surface area (Å²) in [5.41, 5.74) is 1.91. The fourth-order valence-electron chi connectivity index (χ4n) is 4.71. The number of Topliss-reactive ketones (excluding diaryl/α,β-unsaturated/α-hetero) is 1. The van der Waals surface area contributed by atoms with Crippen molar-refractivity contribution in [1.82, 2.24) is 0 Å². The van der Waals surface area contributed by atoms with E-state index < -0.39 is 23.7 Å². The number of anilines is 1. The molecule has 1 atom stereocenters. The van der Waals surface area contributed by atoms with E-state index in [9.17, 15) is 24.6 Å². The molecule has 8 heteroatoms. The molecule has 1 aliphatic rings. The molecule has 0 radical (unpaired) electrons. The number of hydrogen-bond acceptors (Lipinski definition) is 7. The number of methoxy groups -OCH3 is 1. The van der Waals surface area contributed by atoms with Crippen molar-refractivity contribution in [2.24, 2.45) is 0 Å². The van der Waals surface area contributed by atoms with Crippen LogP contribution in [0.2, 0.25) is 0 Å². The average Bonchev–Trinajstić information content (AvgIpc) is 3.17. The van der Waals surface area contributed by atoms with Gasteiger partial charge < -0.3 is 19.7 Å². The first kappa shape index (κ1) is 28.4. The number of phenols is 1. The van der Waals surface area contributed by atoms with Crippen molar-refractivity contribution in [2.45, 2.75) is 52.2 Å². The molecule has 0 saturated carbocycles. The lowest BCUT2D eigenvalue weighted by molar-refractivity contribution is -0.132. The maximum absolute atomic E-state index is 13.5. The number of ether oxygens (including phenoxy) is 2. The maximum atomic E-state index is 13.5. The van der Waals surface area contributed by atoms with Crippen molar-refractivity contribution in [3.63, 3.8) is 0 Å². The van der Waals surface area contributed by atoms with Crippen LogP contribution in [0.5, 0.6) is 11.5 Å². The number of aliphatic hydroxyl groups excluding tert-OH is 1. The molecule has 1 unspecified atom stereocenters. The van der Waals surface area contributed by atoms with Crippen LogP contribution >= 0.6 is 0 Å². The van der Waals surface area contributed by atoms with Gasteiger partial charge in [0.05, 0.1) is 30.4 Å². The van der Waals surface area contributed by atoms with Gasteiger partial charge in [0.1, 0.15) is 17.3 Å². The average molecular weight is 544 g/mol. The van der Waals surface area contributed by atoms with Gasteiger partial charge in [-0.2, -0.15) is 0 Å². The molecule has 2 N–H and O–H groups in total. The second kappa shape index (κ2) is 10.9. The summed E-state index contributed by atoms with van der Waals surface area (Å²) >= 11 is 0. The number of amides is 1. The van der Waals surface area contributed by atoms with E-state index in [1.807, 2.05) is 20.8 Å². The van der Waals surface area contributed by atoms with Gasteiger partial charge in [0.15, 0.2) is 0 Å². The van der Waals surface area contributed by atoms with Gasteiger partial charge >= 0.3 is 5.97 Å². The standard InChI is InChI=1S/C32H33NO7/c1-18(2)40-31(38)20-7-12-22(13-8-20)33-27(19-9-14-23(34)15-10-19)26(29(36)30(33)37)28(35)21-11-16-25(39-6)24(17-21)32(3,4)5/h7-18,27,34-35H,1-6H3/b28-26-. The summed E-state index contributed by atoms with van der Waals surface area (Å²) in [7, 11) is 1.56. The summed E-state index contributed by atoms with van der Waals surface area (Å²) in [5, 5.41) is 21.4. The second-order valence-corrected chi connectivity index (χ2v) is 10.9. The van der Waals surface area contributed by atoms with E-state index in [-0.39, 0.29) is 28.6 Å². The fourth-order valence-corrected chi connectivity index (χ4v) is 4.71. The SMILES string of the molecule is COc1ccc(/C(O)=C2/C(=O)C(=O)N(c3ccc(C(=O)OC(C)C)cc3)C2c2ccc(O)cc2)cc1C(C)(C)C. The van der Waals surface area contributed by atoms with Crippen molar-refractivity contribution in [3.8, 4) is 11.5 Å². The Labute approximate surface area is 233 Å². The van der Waals surface area contributed by atoms with Gasteiger partial charge in [0.25, 0.3) is 11.7 Å². The Kier molecular flexibility index (Phi) is 7.73. The minimum absolute atomic E-state index is 0.0127. The first-order valence-electron chi connectivity index (χ1n) is 12.9. The third kappa shape index (κ3) is 5.43. The predicted molar refractivity (Wildman–Crippen MR) is 152 cm³/mol. The Morgan fingerprint density at radius 2 is 1.52 bits per heavy atom. The lowest BCUT2D eigenvalue weighted by Crippen LogP contribution is -2.29. The van der Waals surface area contributed by atoms with Crippen LogP contribution in [-0.4, -0.2) is 41.1 Å². The number of hydrogen-bond donors (Lipinski definition) is 2. The molecule has 0 aliphatic carbocycles. The zero-order valence-electron chi connectivity index (χ0n) is 23.4. The predicted octanol–water partition coefficient (Wildman–Crippen LogP) is 5.89. The summed E-state index contributed by atoms with van der Waals surface area (Å²) in [6, 6.07) is 16.4. The van der Waals surface area contributed by atoms with E-state index in [0.29, 0.717) is 28.1 Å². The molecule has 208 valence electrons. The highest BCUT2D eigenvalue weighted by atomic mass is 16.5. The van der Waals surface area contributed by atoms with Crippen LogP contribution in [-0.2, 0) is 19.7 Å². The van der Waals surface area contributed by atoms with Crippen LogP contribution < -0.4 is 9.64 Å². The molecule has 3 aromatic rings. The number of esters is 1. The van der Waals surface area contributed by atoms with Crippen molar-refractivity contribution in [1.29, 1.82) is 0 Å². The number of aliphatic hydroxyl groups is 1. The zero-order chi connectivity index (χ0) is 29.4. The Hall–Kier alpha value is -4.59. The van der Waals surface area contributed by atoms with Crippen molar-refractivity contribution < 1.29 is 34.1 Å². The number of carbonyl (C=O) groups excluding carboxylic acids is 3. The minimum Gasteiger partial charge on any atom is -0.508 e. The van der Waals surface area contributed by atoms with Gasteiger partial charge in [-0.25, -0.2) is 4.79 Å². The van der Waals surface area contributed by atoms with Gasteiger partial charge in [-0.1, -0.05) is 32.9 Å². The van der Waals surface area contributed by atoms with Gasteiger partial charge in [-0.15, -0.1) is 0 Å². The quantitative estimate of drug-likeness (QED) is 0.172. The first-order valence-corrected chi connectivity index (χ1v) is 12.9. The van der Waals surface area contributed by atoms with Crippen LogP contribution in [0.3, 0.4) is 0 Å². The minimum atomic E-state index is -0.991. The molecular weight excluding hydrogens is 510 g/mol. The zero-order valence-corrected chi connectivity index (χ0v) is 23.4. The van der Waals surface area contributed by atoms with Crippen LogP contribution in [0.1, 0.15) is 67.7 Å². The largest absolute Gasteiger partial charge is 0.508 e. The highest BCUT2D eigenvalue weighted by molar-refractivity contribution is 6.51. The lowest BCUT2D eigenvalue weighted by Gasteiger charge is -2.26. The Bertz CT molecular complexity index is 1480. The number of benzene rings is 3. The molecule has 1 saturated heterocycles. The molecule has 1 amide bonds. The van der Waals surface area contributed by atoms with Gasteiger partial charge in [0, 0.05) is 16.8 Å².